The van der Waals surface area contributed by atoms with E-state index >= 15 is 0 Å². The molecule has 0 heterocycles. The highest BCUT2D eigenvalue weighted by Crippen LogP contribution is 2.32. The van der Waals surface area contributed by atoms with Crippen LogP contribution in [0.1, 0.15) is 24.0 Å². The number of rotatable bonds is 8. The Bertz CT molecular complexity index is 856. The summed E-state index contributed by atoms with van der Waals surface area (Å²) in [6, 6.07) is 14.7. The van der Waals surface area contributed by atoms with Crippen molar-refractivity contribution in [2.45, 2.75) is 25.4 Å². The van der Waals surface area contributed by atoms with Gasteiger partial charge >= 0.3 is 0 Å². The van der Waals surface area contributed by atoms with Gasteiger partial charge in [-0.2, -0.15) is 5.26 Å². The summed E-state index contributed by atoms with van der Waals surface area (Å²) in [5.41, 5.74) is 1.30. The normalized spacial score (nSPS) is 12.8. The van der Waals surface area contributed by atoms with E-state index in [9.17, 15) is 4.79 Å². The quantitative estimate of drug-likeness (QED) is 0.718. The Morgan fingerprint density at radius 3 is 2.59 bits per heavy atom. The number of hydrogen-bond donors (Lipinski definition) is 0. The van der Waals surface area contributed by atoms with Gasteiger partial charge in [-0.25, -0.2) is 0 Å². The monoisotopic (exact) mass is 366 g/mol. The average Bonchev–Trinajstić information content (AvgIpc) is 3.55. The highest BCUT2D eigenvalue weighted by molar-refractivity contribution is 5.78. The first kappa shape index (κ1) is 18.6. The van der Waals surface area contributed by atoms with Crippen LogP contribution in [0.25, 0.3) is 0 Å². The Hall–Kier alpha value is -3.20. The fourth-order valence-corrected chi connectivity index (χ4v) is 2.90. The molecule has 1 fully saturated rings. The minimum atomic E-state index is -0.116. The predicted molar refractivity (Wildman–Crippen MR) is 99.8 cm³/mol. The molecule has 0 radical (unpaired) electrons. The van der Waals surface area contributed by atoms with Crippen LogP contribution in [-0.2, 0) is 11.3 Å². The molecular weight excluding hydrogens is 344 g/mol. The molecule has 0 bridgehead atoms. The summed E-state index contributed by atoms with van der Waals surface area (Å²) in [6.07, 6.45) is 1.96. The van der Waals surface area contributed by atoms with Gasteiger partial charge < -0.3 is 19.1 Å². The van der Waals surface area contributed by atoms with Crippen LogP contribution in [0.4, 0.5) is 0 Å². The third kappa shape index (κ3) is 4.50. The molecule has 1 amide bonds. The van der Waals surface area contributed by atoms with Gasteiger partial charge in [-0.1, -0.05) is 12.1 Å². The molecule has 0 aromatic heterocycles. The Morgan fingerprint density at radius 1 is 1.15 bits per heavy atom. The predicted octanol–water partition coefficient (Wildman–Crippen LogP) is 3.15. The van der Waals surface area contributed by atoms with Crippen molar-refractivity contribution in [2.24, 2.45) is 0 Å². The van der Waals surface area contributed by atoms with Crippen molar-refractivity contribution in [1.29, 1.82) is 5.26 Å². The number of carbonyl (C=O) groups excluding carboxylic acids is 1. The molecule has 0 N–H and O–H groups in total. The Kier molecular flexibility index (Phi) is 5.82. The summed E-state index contributed by atoms with van der Waals surface area (Å²) in [6.45, 7) is 0.314. The molecular formula is C21H22N2O4. The van der Waals surface area contributed by atoms with Gasteiger partial charge in [-0.15, -0.1) is 0 Å². The van der Waals surface area contributed by atoms with E-state index in [4.69, 9.17) is 19.5 Å². The fraction of sp³-hybridized carbons (Fsp3) is 0.333. The minimum absolute atomic E-state index is 0.110. The third-order valence-corrected chi connectivity index (χ3v) is 4.49. The first-order chi connectivity index (χ1) is 13.2. The number of carbonyl (C=O) groups is 1. The van der Waals surface area contributed by atoms with Crippen molar-refractivity contribution < 1.29 is 19.0 Å². The molecule has 1 saturated carbocycles. The smallest absolute Gasteiger partial charge is 0.261 e. The van der Waals surface area contributed by atoms with Crippen LogP contribution in [0.2, 0.25) is 0 Å². The minimum Gasteiger partial charge on any atom is -0.497 e. The first-order valence-electron chi connectivity index (χ1n) is 8.78. The third-order valence-electron chi connectivity index (χ3n) is 4.49. The van der Waals surface area contributed by atoms with Crippen LogP contribution in [0, 0.1) is 11.3 Å². The van der Waals surface area contributed by atoms with E-state index in [0.29, 0.717) is 29.4 Å². The zero-order valence-electron chi connectivity index (χ0n) is 15.5. The molecule has 0 saturated heterocycles. The van der Waals surface area contributed by atoms with Crippen LogP contribution in [0.15, 0.2) is 42.5 Å². The zero-order valence-corrected chi connectivity index (χ0v) is 15.5. The molecule has 6 nitrogen and oxygen atoms in total. The van der Waals surface area contributed by atoms with Crippen molar-refractivity contribution in [3.63, 3.8) is 0 Å². The second-order valence-corrected chi connectivity index (χ2v) is 6.33. The van der Waals surface area contributed by atoms with Crippen molar-refractivity contribution in [1.82, 2.24) is 4.90 Å². The summed E-state index contributed by atoms with van der Waals surface area (Å²) in [5.74, 6) is 1.73. The number of methoxy groups -OCH3 is 2. The molecule has 2 aromatic carbocycles. The maximum Gasteiger partial charge on any atom is 0.261 e. The number of nitriles is 1. The SMILES string of the molecule is COc1ccc(OC)c(CN(C(=O)COc2ccccc2C#N)C2CC2)c1. The average molecular weight is 366 g/mol. The molecule has 0 spiro atoms. The Balaban J connectivity index is 1.72. The standard InChI is InChI=1S/C21H22N2O4/c1-25-18-9-10-19(26-2)16(11-18)13-23(17-7-8-17)21(24)14-27-20-6-4-3-5-15(20)12-22/h3-6,9-11,17H,7-8,13-14H2,1-2H3. The number of para-hydroxylation sites is 1. The maximum absolute atomic E-state index is 12.8. The summed E-state index contributed by atoms with van der Waals surface area (Å²) < 4.78 is 16.3. The first-order valence-corrected chi connectivity index (χ1v) is 8.78. The lowest BCUT2D eigenvalue weighted by molar-refractivity contribution is -0.134. The molecule has 2 aromatic rings. The summed E-state index contributed by atoms with van der Waals surface area (Å²) in [5, 5.41) is 9.14. The van der Waals surface area contributed by atoms with Crippen LogP contribution in [0.5, 0.6) is 17.2 Å². The van der Waals surface area contributed by atoms with E-state index in [-0.39, 0.29) is 18.6 Å². The summed E-state index contributed by atoms with van der Waals surface area (Å²) in [4.78, 5) is 14.6. The van der Waals surface area contributed by atoms with E-state index in [1.165, 1.54) is 0 Å². The molecule has 3 rings (SSSR count). The van der Waals surface area contributed by atoms with Gasteiger partial charge in [-0.05, 0) is 43.2 Å². The number of amides is 1. The molecule has 0 unspecified atom stereocenters. The van der Waals surface area contributed by atoms with Gasteiger partial charge in [0.1, 0.15) is 23.3 Å². The van der Waals surface area contributed by atoms with E-state index < -0.39 is 0 Å². The highest BCUT2D eigenvalue weighted by atomic mass is 16.5. The van der Waals surface area contributed by atoms with Gasteiger partial charge in [-0.3, -0.25) is 4.79 Å². The van der Waals surface area contributed by atoms with E-state index in [2.05, 4.69) is 6.07 Å². The molecule has 27 heavy (non-hydrogen) atoms. The molecule has 6 heteroatoms. The summed E-state index contributed by atoms with van der Waals surface area (Å²) >= 11 is 0. The van der Waals surface area contributed by atoms with Crippen molar-refractivity contribution >= 4 is 5.91 Å². The molecule has 1 aliphatic rings. The van der Waals surface area contributed by atoms with Crippen LogP contribution in [-0.4, -0.2) is 37.7 Å². The Labute approximate surface area is 158 Å². The van der Waals surface area contributed by atoms with Crippen LogP contribution >= 0.6 is 0 Å². The van der Waals surface area contributed by atoms with Gasteiger partial charge in [0.05, 0.1) is 19.8 Å². The molecule has 0 atom stereocenters. The summed E-state index contributed by atoms with van der Waals surface area (Å²) in [7, 11) is 3.21. The zero-order chi connectivity index (χ0) is 19.2. The van der Waals surface area contributed by atoms with E-state index in [1.54, 1.807) is 38.5 Å². The number of nitrogens with zero attached hydrogens (tertiary/aromatic N) is 2. The van der Waals surface area contributed by atoms with Crippen molar-refractivity contribution in [3.05, 3.63) is 53.6 Å². The molecule has 140 valence electrons. The fourth-order valence-electron chi connectivity index (χ4n) is 2.90. The van der Waals surface area contributed by atoms with Gasteiger partial charge in [0.15, 0.2) is 6.61 Å². The van der Waals surface area contributed by atoms with E-state index in [1.807, 2.05) is 23.1 Å². The van der Waals surface area contributed by atoms with Gasteiger partial charge in [0, 0.05) is 18.2 Å². The lowest BCUT2D eigenvalue weighted by Crippen LogP contribution is -2.36. The molecule has 1 aliphatic carbocycles. The van der Waals surface area contributed by atoms with Crippen LogP contribution in [0.3, 0.4) is 0 Å². The number of ether oxygens (including phenoxy) is 3. The topological polar surface area (TPSA) is 71.8 Å². The Morgan fingerprint density at radius 2 is 1.93 bits per heavy atom. The number of hydrogen-bond acceptors (Lipinski definition) is 5. The molecule has 0 aliphatic heterocycles. The van der Waals surface area contributed by atoms with Gasteiger partial charge in [0.2, 0.25) is 0 Å². The lowest BCUT2D eigenvalue weighted by Gasteiger charge is -2.24. The van der Waals surface area contributed by atoms with Gasteiger partial charge in [0.25, 0.3) is 5.91 Å². The second-order valence-electron chi connectivity index (χ2n) is 6.33. The van der Waals surface area contributed by atoms with Crippen molar-refractivity contribution in [3.8, 4) is 23.3 Å². The largest absolute Gasteiger partial charge is 0.497 e. The lowest BCUT2D eigenvalue weighted by atomic mass is 10.1. The number of benzene rings is 2. The van der Waals surface area contributed by atoms with E-state index in [0.717, 1.165) is 18.4 Å². The second kappa shape index (κ2) is 8.45. The maximum atomic E-state index is 12.8. The highest BCUT2D eigenvalue weighted by Gasteiger charge is 2.33. The van der Waals surface area contributed by atoms with Crippen LogP contribution < -0.4 is 14.2 Å². The van der Waals surface area contributed by atoms with Crippen molar-refractivity contribution in [2.75, 3.05) is 20.8 Å².